The van der Waals surface area contributed by atoms with Crippen molar-refractivity contribution >= 4 is 38.9 Å². The topological polar surface area (TPSA) is 32.0 Å². The molecule has 4 saturated carbocycles. The Labute approximate surface area is 258 Å². The zero-order valence-electron chi connectivity index (χ0n) is 24.7. The number of benzene rings is 5. The third-order valence-corrected chi connectivity index (χ3v) is 11.8. The Balaban J connectivity index is 1.20. The number of aromatic nitrogens is 1. The minimum atomic E-state index is 0.118. The van der Waals surface area contributed by atoms with Gasteiger partial charge in [-0.15, -0.1) is 0 Å². The third kappa shape index (κ3) is 3.11. The van der Waals surface area contributed by atoms with E-state index >= 15 is 0 Å². The van der Waals surface area contributed by atoms with Crippen molar-refractivity contribution in [2.45, 2.75) is 37.5 Å². The molecule has 0 N–H and O–H groups in total. The summed E-state index contributed by atoms with van der Waals surface area (Å²) in [6, 6.07) is 44.6. The Morgan fingerprint density at radius 2 is 1.14 bits per heavy atom. The van der Waals surface area contributed by atoms with Crippen LogP contribution in [0.25, 0.3) is 27.5 Å². The molecule has 1 aliphatic heterocycles. The summed E-state index contributed by atoms with van der Waals surface area (Å²) >= 11 is 0. The van der Waals surface area contributed by atoms with E-state index in [0.717, 1.165) is 29.4 Å². The molecule has 6 aromatic rings. The highest BCUT2D eigenvalue weighted by atomic mass is 15.2. The van der Waals surface area contributed by atoms with Crippen molar-refractivity contribution in [2.75, 3.05) is 4.90 Å². The van der Waals surface area contributed by atoms with Crippen LogP contribution in [0, 0.1) is 35.0 Å². The summed E-state index contributed by atoms with van der Waals surface area (Å²) in [4.78, 5) is 2.55. The number of fused-ring (bicyclic) bond motifs is 5. The minimum absolute atomic E-state index is 0.118. The number of hydrogen-bond acceptors (Lipinski definition) is 2. The lowest BCUT2D eigenvalue weighted by Crippen LogP contribution is -2.57. The largest absolute Gasteiger partial charge is 0.310 e. The number of nitrogens with zero attached hydrogens (tertiary/aromatic N) is 3. The molecule has 5 aromatic carbocycles. The first-order valence-electron chi connectivity index (χ1n) is 16.3. The molecule has 0 atom stereocenters. The Bertz CT molecular complexity index is 2080. The maximum absolute atomic E-state index is 9.38. The molecule has 0 radical (unpaired) electrons. The molecule has 4 fully saturated rings. The van der Waals surface area contributed by atoms with Crippen molar-refractivity contribution in [3.63, 3.8) is 0 Å². The van der Waals surface area contributed by atoms with Crippen molar-refractivity contribution in [1.29, 1.82) is 5.26 Å². The summed E-state index contributed by atoms with van der Waals surface area (Å²) in [7, 11) is 0. The van der Waals surface area contributed by atoms with E-state index < -0.39 is 0 Å². The molecule has 0 unspecified atom stereocenters. The maximum atomic E-state index is 9.38. The molecular formula is C41H33N3. The van der Waals surface area contributed by atoms with Gasteiger partial charge in [0.15, 0.2) is 0 Å². The summed E-state index contributed by atoms with van der Waals surface area (Å²) in [5.74, 6) is 3.32. The van der Waals surface area contributed by atoms with Gasteiger partial charge in [0.1, 0.15) is 0 Å². The van der Waals surface area contributed by atoms with E-state index in [1.165, 1.54) is 71.0 Å². The van der Waals surface area contributed by atoms with Gasteiger partial charge in [0.05, 0.1) is 34.0 Å². The molecule has 4 aliphatic carbocycles. The van der Waals surface area contributed by atoms with Gasteiger partial charge in [-0.1, -0.05) is 54.6 Å². The average molecular weight is 568 g/mol. The molecule has 5 aliphatic rings. The zero-order valence-corrected chi connectivity index (χ0v) is 24.7. The average Bonchev–Trinajstić information content (AvgIpc) is 3.40. The third-order valence-electron chi connectivity index (χ3n) is 11.8. The molecule has 212 valence electrons. The Morgan fingerprint density at radius 3 is 1.80 bits per heavy atom. The second-order valence-corrected chi connectivity index (χ2v) is 13.8. The van der Waals surface area contributed by atoms with E-state index in [2.05, 4.69) is 119 Å². The van der Waals surface area contributed by atoms with Crippen molar-refractivity contribution in [3.8, 4) is 11.8 Å². The molecule has 1 aromatic heterocycles. The SMILES string of the molecule is N#Cc1ccc(-n2c3ccccc3c3cc(N4c5ccccc5C5(c6ccccc64)C4CC6CC(C4)CC5C6)ccc32)cc1. The molecule has 0 amide bonds. The van der Waals surface area contributed by atoms with Crippen LogP contribution in [0.4, 0.5) is 17.1 Å². The predicted molar refractivity (Wildman–Crippen MR) is 178 cm³/mol. The van der Waals surface area contributed by atoms with Gasteiger partial charge in [-0.05, 0) is 128 Å². The van der Waals surface area contributed by atoms with Crippen molar-refractivity contribution in [1.82, 2.24) is 4.57 Å². The van der Waals surface area contributed by atoms with Gasteiger partial charge in [-0.2, -0.15) is 5.26 Å². The van der Waals surface area contributed by atoms with Gasteiger partial charge in [0.25, 0.3) is 0 Å². The van der Waals surface area contributed by atoms with Gasteiger partial charge in [-0.3, -0.25) is 0 Å². The van der Waals surface area contributed by atoms with Gasteiger partial charge < -0.3 is 9.47 Å². The standard InChI is InChI=1S/C41H33N3/c42-25-26-13-15-31(16-14-26)43-37-10-4-1-7-33(37)34-24-32(17-18-38(34)43)44-39-11-5-2-8-35(39)41(36-9-3-6-12-40(36)44)29-20-27-19-28(22-29)23-30(41)21-27/h1-18,24,27-30H,19-23H2. The molecule has 2 heterocycles. The highest BCUT2D eigenvalue weighted by molar-refractivity contribution is 6.10. The van der Waals surface area contributed by atoms with Crippen LogP contribution < -0.4 is 4.90 Å². The summed E-state index contributed by atoms with van der Waals surface area (Å²) < 4.78 is 2.33. The maximum Gasteiger partial charge on any atom is 0.0991 e. The van der Waals surface area contributed by atoms with E-state index in [1.54, 1.807) is 11.1 Å². The van der Waals surface area contributed by atoms with Crippen molar-refractivity contribution < 1.29 is 0 Å². The fraction of sp³-hybridized carbons (Fsp3) is 0.244. The fourth-order valence-electron chi connectivity index (χ4n) is 10.5. The second kappa shape index (κ2) is 8.87. The van der Waals surface area contributed by atoms with E-state index in [1.807, 2.05) is 12.1 Å². The molecule has 3 heteroatoms. The van der Waals surface area contributed by atoms with Crippen molar-refractivity contribution in [2.24, 2.45) is 23.7 Å². The number of para-hydroxylation sites is 3. The van der Waals surface area contributed by atoms with Gasteiger partial charge in [0.2, 0.25) is 0 Å². The zero-order chi connectivity index (χ0) is 29.0. The molecule has 3 nitrogen and oxygen atoms in total. The van der Waals surface area contributed by atoms with Crippen molar-refractivity contribution in [3.05, 3.63) is 132 Å². The first kappa shape index (κ1) is 24.6. The highest BCUT2D eigenvalue weighted by Gasteiger charge is 2.61. The smallest absolute Gasteiger partial charge is 0.0991 e. The quantitative estimate of drug-likeness (QED) is 0.208. The Morgan fingerprint density at radius 1 is 0.568 bits per heavy atom. The van der Waals surface area contributed by atoms with Crippen LogP contribution >= 0.6 is 0 Å². The van der Waals surface area contributed by atoms with Gasteiger partial charge >= 0.3 is 0 Å². The fourth-order valence-corrected chi connectivity index (χ4v) is 10.5. The summed E-state index contributed by atoms with van der Waals surface area (Å²) in [6.07, 6.45) is 7.01. The number of hydrogen-bond donors (Lipinski definition) is 0. The first-order chi connectivity index (χ1) is 21.7. The van der Waals surface area contributed by atoms with E-state index in [-0.39, 0.29) is 5.41 Å². The monoisotopic (exact) mass is 567 g/mol. The lowest BCUT2D eigenvalue weighted by atomic mass is 9.41. The summed E-state index contributed by atoms with van der Waals surface area (Å²) in [6.45, 7) is 0. The van der Waals surface area contributed by atoms with Crippen LogP contribution in [-0.2, 0) is 5.41 Å². The predicted octanol–water partition coefficient (Wildman–Crippen LogP) is 10.2. The molecule has 11 rings (SSSR count). The van der Waals surface area contributed by atoms with Crippen LogP contribution in [0.3, 0.4) is 0 Å². The van der Waals surface area contributed by atoms with E-state index in [0.29, 0.717) is 5.56 Å². The number of nitriles is 1. The van der Waals surface area contributed by atoms with Gasteiger partial charge in [-0.25, -0.2) is 0 Å². The van der Waals surface area contributed by atoms with Crippen LogP contribution in [-0.4, -0.2) is 4.57 Å². The molecule has 0 saturated heterocycles. The van der Waals surface area contributed by atoms with Crippen LogP contribution in [0.1, 0.15) is 48.8 Å². The summed E-state index contributed by atoms with van der Waals surface area (Å²) in [5.41, 5.74) is 11.2. The molecular weight excluding hydrogens is 534 g/mol. The van der Waals surface area contributed by atoms with Gasteiger partial charge in [0, 0.05) is 27.6 Å². The van der Waals surface area contributed by atoms with Crippen LogP contribution in [0.5, 0.6) is 0 Å². The van der Waals surface area contributed by atoms with Crippen LogP contribution in [0.2, 0.25) is 0 Å². The summed E-state index contributed by atoms with van der Waals surface area (Å²) in [5, 5.41) is 11.9. The molecule has 4 bridgehead atoms. The molecule has 44 heavy (non-hydrogen) atoms. The van der Waals surface area contributed by atoms with Crippen LogP contribution in [0.15, 0.2) is 115 Å². The van der Waals surface area contributed by atoms with E-state index in [9.17, 15) is 5.26 Å². The van der Waals surface area contributed by atoms with E-state index in [4.69, 9.17) is 0 Å². The Hall–Kier alpha value is -4.81. The second-order valence-electron chi connectivity index (χ2n) is 13.8. The minimum Gasteiger partial charge on any atom is -0.310 e. The number of anilines is 3. The first-order valence-corrected chi connectivity index (χ1v) is 16.3. The lowest BCUT2D eigenvalue weighted by molar-refractivity contribution is -0.0419. The highest BCUT2D eigenvalue weighted by Crippen LogP contribution is 2.69. The molecule has 1 spiro atoms. The normalized spacial score (nSPS) is 24.0. The number of rotatable bonds is 2. The lowest BCUT2D eigenvalue weighted by Gasteiger charge is -2.64. The Kier molecular flexibility index (Phi) is 4.96.